The van der Waals surface area contributed by atoms with E-state index in [1.54, 1.807) is 24.3 Å². The highest BCUT2D eigenvalue weighted by Crippen LogP contribution is 2.15. The Morgan fingerprint density at radius 3 is 2.22 bits per heavy atom. The van der Waals surface area contributed by atoms with Gasteiger partial charge in [-0.3, -0.25) is 0 Å². The highest BCUT2D eigenvalue weighted by Gasteiger charge is 2.02. The molecule has 0 aliphatic rings. The summed E-state index contributed by atoms with van der Waals surface area (Å²) in [4.78, 5) is 11.7. The van der Waals surface area contributed by atoms with Crippen LogP contribution in [0.5, 0.6) is 0 Å². The minimum atomic E-state index is -0.307. The number of amides is 2. The van der Waals surface area contributed by atoms with E-state index in [0.717, 1.165) is 4.47 Å². The lowest BCUT2D eigenvalue weighted by Gasteiger charge is -2.08. The van der Waals surface area contributed by atoms with Crippen molar-refractivity contribution in [2.75, 3.05) is 10.6 Å². The Bertz CT molecular complexity index is 525. The van der Waals surface area contributed by atoms with E-state index in [2.05, 4.69) is 26.6 Å². The maximum absolute atomic E-state index is 11.7. The first kappa shape index (κ1) is 12.7. The molecule has 0 aromatic heterocycles. The number of carbonyl (C=O) groups excluding carboxylic acids is 1. The first-order valence-electron chi connectivity index (χ1n) is 5.32. The van der Waals surface area contributed by atoms with Gasteiger partial charge >= 0.3 is 6.03 Å². The first-order valence-corrected chi connectivity index (χ1v) is 6.12. The second-order valence-corrected chi connectivity index (χ2v) is 4.63. The summed E-state index contributed by atoms with van der Waals surface area (Å²) in [5.74, 6) is 0. The van der Waals surface area contributed by atoms with Crippen LogP contribution in [-0.2, 0) is 0 Å². The lowest BCUT2D eigenvalue weighted by Crippen LogP contribution is -2.20. The van der Waals surface area contributed by atoms with Gasteiger partial charge in [0.1, 0.15) is 7.85 Å². The van der Waals surface area contributed by atoms with Crippen molar-refractivity contribution in [3.8, 4) is 0 Å². The molecule has 0 saturated carbocycles. The number of urea groups is 1. The molecule has 0 aliphatic carbocycles. The molecule has 0 fully saturated rings. The molecular formula is C13H10BBrN2O. The summed E-state index contributed by atoms with van der Waals surface area (Å²) in [6.45, 7) is 0. The SMILES string of the molecule is [B]c1cccc(NC(=O)Nc2cccc(Br)c2)c1. The van der Waals surface area contributed by atoms with E-state index in [1.807, 2.05) is 24.3 Å². The van der Waals surface area contributed by atoms with Gasteiger partial charge in [0.05, 0.1) is 0 Å². The average Bonchev–Trinajstić information content (AvgIpc) is 2.28. The van der Waals surface area contributed by atoms with E-state index in [-0.39, 0.29) is 6.03 Å². The molecule has 2 aromatic rings. The minimum absolute atomic E-state index is 0.307. The molecule has 0 unspecified atom stereocenters. The molecule has 0 atom stereocenters. The Hall–Kier alpha value is -1.75. The van der Waals surface area contributed by atoms with Crippen LogP contribution in [0.2, 0.25) is 0 Å². The molecule has 2 amide bonds. The maximum Gasteiger partial charge on any atom is 0.323 e. The Morgan fingerprint density at radius 2 is 1.61 bits per heavy atom. The van der Waals surface area contributed by atoms with Crippen molar-refractivity contribution < 1.29 is 4.79 Å². The standard InChI is InChI=1S/C13H10BBrN2O/c14-9-3-1-5-11(7-9)16-13(18)17-12-6-2-4-10(15)8-12/h1-8H,(H2,16,17,18). The summed E-state index contributed by atoms with van der Waals surface area (Å²) >= 11 is 3.34. The third-order valence-electron chi connectivity index (χ3n) is 2.23. The molecular weight excluding hydrogens is 291 g/mol. The molecule has 0 heterocycles. The van der Waals surface area contributed by atoms with Crippen LogP contribution in [0.3, 0.4) is 0 Å². The number of benzene rings is 2. The summed E-state index contributed by atoms with van der Waals surface area (Å²) in [7, 11) is 5.63. The van der Waals surface area contributed by atoms with Crippen LogP contribution in [-0.4, -0.2) is 13.9 Å². The Labute approximate surface area is 115 Å². The van der Waals surface area contributed by atoms with Crippen molar-refractivity contribution in [2.24, 2.45) is 0 Å². The molecule has 0 bridgehead atoms. The fourth-order valence-electron chi connectivity index (χ4n) is 1.48. The highest BCUT2D eigenvalue weighted by molar-refractivity contribution is 9.10. The quantitative estimate of drug-likeness (QED) is 0.823. The maximum atomic E-state index is 11.7. The van der Waals surface area contributed by atoms with Crippen molar-refractivity contribution >= 4 is 46.6 Å². The second-order valence-electron chi connectivity index (χ2n) is 3.71. The molecule has 0 aliphatic heterocycles. The zero-order valence-corrected chi connectivity index (χ0v) is 11.1. The molecule has 0 spiro atoms. The van der Waals surface area contributed by atoms with Crippen LogP contribution in [0.1, 0.15) is 0 Å². The number of hydrogen-bond donors (Lipinski definition) is 2. The number of rotatable bonds is 2. The molecule has 18 heavy (non-hydrogen) atoms. The van der Waals surface area contributed by atoms with E-state index >= 15 is 0 Å². The summed E-state index contributed by atoms with van der Waals surface area (Å²) in [6.07, 6.45) is 0. The van der Waals surface area contributed by atoms with Crippen molar-refractivity contribution in [1.82, 2.24) is 0 Å². The molecule has 2 rings (SSSR count). The zero-order chi connectivity index (χ0) is 13.0. The monoisotopic (exact) mass is 300 g/mol. The largest absolute Gasteiger partial charge is 0.323 e. The normalized spacial score (nSPS) is 9.83. The summed E-state index contributed by atoms with van der Waals surface area (Å²) in [5, 5.41) is 5.44. The fourth-order valence-corrected chi connectivity index (χ4v) is 1.88. The van der Waals surface area contributed by atoms with Gasteiger partial charge < -0.3 is 10.6 Å². The van der Waals surface area contributed by atoms with Gasteiger partial charge in [-0.15, -0.1) is 0 Å². The number of carbonyl (C=O) groups is 1. The minimum Gasteiger partial charge on any atom is -0.308 e. The number of hydrogen-bond acceptors (Lipinski definition) is 1. The van der Waals surface area contributed by atoms with Crippen LogP contribution in [0.15, 0.2) is 53.0 Å². The predicted octanol–water partition coefficient (Wildman–Crippen LogP) is 2.89. The first-order chi connectivity index (χ1) is 8.63. The van der Waals surface area contributed by atoms with Gasteiger partial charge in [0.15, 0.2) is 0 Å². The lowest BCUT2D eigenvalue weighted by atomic mass is 9.96. The fraction of sp³-hybridized carbons (Fsp3) is 0. The number of nitrogens with one attached hydrogen (secondary N) is 2. The Balaban J connectivity index is 2.01. The summed E-state index contributed by atoms with van der Waals surface area (Å²) in [5.41, 5.74) is 1.98. The predicted molar refractivity (Wildman–Crippen MR) is 78.6 cm³/mol. The Morgan fingerprint density at radius 1 is 1.00 bits per heavy atom. The summed E-state index contributed by atoms with van der Waals surface area (Å²) in [6, 6.07) is 14.1. The van der Waals surface area contributed by atoms with E-state index in [4.69, 9.17) is 7.85 Å². The van der Waals surface area contributed by atoms with E-state index in [9.17, 15) is 4.79 Å². The topological polar surface area (TPSA) is 41.1 Å². The number of anilines is 2. The van der Waals surface area contributed by atoms with Crippen LogP contribution >= 0.6 is 15.9 Å². The van der Waals surface area contributed by atoms with Gasteiger partial charge in [0, 0.05) is 15.8 Å². The lowest BCUT2D eigenvalue weighted by molar-refractivity contribution is 0.262. The van der Waals surface area contributed by atoms with Crippen molar-refractivity contribution in [1.29, 1.82) is 0 Å². The van der Waals surface area contributed by atoms with Gasteiger partial charge in [-0.2, -0.15) is 0 Å². The molecule has 2 aromatic carbocycles. The zero-order valence-electron chi connectivity index (χ0n) is 9.48. The van der Waals surface area contributed by atoms with E-state index in [0.29, 0.717) is 16.8 Å². The van der Waals surface area contributed by atoms with Gasteiger partial charge in [0.2, 0.25) is 0 Å². The molecule has 2 radical (unpaired) electrons. The van der Waals surface area contributed by atoms with E-state index < -0.39 is 0 Å². The van der Waals surface area contributed by atoms with Crippen LogP contribution in [0, 0.1) is 0 Å². The van der Waals surface area contributed by atoms with Gasteiger partial charge in [-0.1, -0.05) is 39.6 Å². The van der Waals surface area contributed by atoms with Gasteiger partial charge in [-0.25, -0.2) is 4.79 Å². The van der Waals surface area contributed by atoms with Gasteiger partial charge in [-0.05, 0) is 30.3 Å². The molecule has 3 nitrogen and oxygen atoms in total. The van der Waals surface area contributed by atoms with Crippen molar-refractivity contribution in [2.45, 2.75) is 0 Å². The highest BCUT2D eigenvalue weighted by atomic mass is 79.9. The third kappa shape index (κ3) is 3.63. The smallest absolute Gasteiger partial charge is 0.308 e. The molecule has 5 heteroatoms. The third-order valence-corrected chi connectivity index (χ3v) is 2.72. The van der Waals surface area contributed by atoms with Crippen LogP contribution in [0.25, 0.3) is 0 Å². The van der Waals surface area contributed by atoms with Crippen LogP contribution in [0.4, 0.5) is 16.2 Å². The molecule has 0 saturated heterocycles. The van der Waals surface area contributed by atoms with Gasteiger partial charge in [0.25, 0.3) is 0 Å². The van der Waals surface area contributed by atoms with Crippen LogP contribution < -0.4 is 16.1 Å². The average molecular weight is 301 g/mol. The summed E-state index contributed by atoms with van der Waals surface area (Å²) < 4.78 is 0.907. The molecule has 88 valence electrons. The Kier molecular flexibility index (Phi) is 4.05. The second kappa shape index (κ2) is 5.73. The van der Waals surface area contributed by atoms with E-state index in [1.165, 1.54) is 0 Å². The molecule has 2 N–H and O–H groups in total. The van der Waals surface area contributed by atoms with Crippen molar-refractivity contribution in [3.63, 3.8) is 0 Å². The van der Waals surface area contributed by atoms with Crippen molar-refractivity contribution in [3.05, 3.63) is 53.0 Å². The number of halogens is 1.